The lowest BCUT2D eigenvalue weighted by atomic mass is 10.2. The molecule has 0 bridgehead atoms. The van der Waals surface area contributed by atoms with Crippen molar-refractivity contribution >= 4 is 46.2 Å². The number of hydrogen-bond acceptors (Lipinski definition) is 8. The van der Waals surface area contributed by atoms with Crippen molar-refractivity contribution in [1.82, 2.24) is 14.9 Å². The van der Waals surface area contributed by atoms with Crippen molar-refractivity contribution < 1.29 is 14.3 Å². The lowest BCUT2D eigenvalue weighted by molar-refractivity contribution is 0.0240. The van der Waals surface area contributed by atoms with Crippen LogP contribution in [0.5, 0.6) is 0 Å². The topological polar surface area (TPSA) is 87.7 Å². The molecule has 3 aromatic heterocycles. The van der Waals surface area contributed by atoms with Crippen molar-refractivity contribution in [2.75, 3.05) is 36.4 Å². The zero-order chi connectivity index (χ0) is 23.6. The molecular formula is C23H27N5O3S2. The van der Waals surface area contributed by atoms with Crippen molar-refractivity contribution in [1.29, 1.82) is 0 Å². The number of amides is 2. The predicted octanol–water partition coefficient (Wildman–Crippen LogP) is 4.88. The van der Waals surface area contributed by atoms with Crippen LogP contribution in [0.1, 0.15) is 36.1 Å². The molecular weight excluding hydrogens is 458 g/mol. The maximum Gasteiger partial charge on any atom is 0.410 e. The van der Waals surface area contributed by atoms with Crippen molar-refractivity contribution in [3.8, 4) is 9.88 Å². The van der Waals surface area contributed by atoms with Crippen molar-refractivity contribution in [2.45, 2.75) is 33.3 Å². The van der Waals surface area contributed by atoms with Crippen LogP contribution >= 0.6 is 22.7 Å². The average molecular weight is 486 g/mol. The van der Waals surface area contributed by atoms with Crippen molar-refractivity contribution in [3.05, 3.63) is 46.4 Å². The van der Waals surface area contributed by atoms with Gasteiger partial charge in [-0.15, -0.1) is 22.7 Å². The van der Waals surface area contributed by atoms with Gasteiger partial charge in [-0.1, -0.05) is 6.07 Å². The second kappa shape index (κ2) is 9.48. The van der Waals surface area contributed by atoms with Gasteiger partial charge in [-0.2, -0.15) is 0 Å². The zero-order valence-corrected chi connectivity index (χ0v) is 20.8. The van der Waals surface area contributed by atoms with E-state index in [4.69, 9.17) is 4.74 Å². The van der Waals surface area contributed by atoms with E-state index in [1.165, 1.54) is 11.3 Å². The Hall–Kier alpha value is -2.98. The van der Waals surface area contributed by atoms with Gasteiger partial charge in [0.2, 0.25) is 0 Å². The molecule has 2 amide bonds. The minimum atomic E-state index is -0.498. The Balaban J connectivity index is 1.34. The van der Waals surface area contributed by atoms with Gasteiger partial charge in [0.05, 0.1) is 22.5 Å². The van der Waals surface area contributed by atoms with Crippen LogP contribution < -0.4 is 10.2 Å². The standard InChI is InChI=1S/C23H27N5O3S2/c1-15-19(33-21(25-15)17-6-5-13-32-17)20(29)26-18-8-7-16(14-24-18)27-9-11-28(12-10-27)22(30)31-23(2,3)4/h5-8,13-14H,9-12H2,1-4H3,(H,24,26,29). The van der Waals surface area contributed by atoms with Crippen LogP contribution in [0.4, 0.5) is 16.3 Å². The van der Waals surface area contributed by atoms with Crippen LogP contribution in [0.25, 0.3) is 9.88 Å². The predicted molar refractivity (Wildman–Crippen MR) is 132 cm³/mol. The number of pyridine rings is 1. The van der Waals surface area contributed by atoms with Gasteiger partial charge < -0.3 is 19.9 Å². The van der Waals surface area contributed by atoms with Crippen LogP contribution in [-0.2, 0) is 4.74 Å². The molecule has 0 aliphatic carbocycles. The summed E-state index contributed by atoms with van der Waals surface area (Å²) < 4.78 is 5.45. The first-order valence-corrected chi connectivity index (χ1v) is 12.4. The summed E-state index contributed by atoms with van der Waals surface area (Å²) in [4.78, 5) is 39.5. The fraction of sp³-hybridized carbons (Fsp3) is 0.391. The molecule has 0 radical (unpaired) electrons. The highest BCUT2D eigenvalue weighted by Gasteiger charge is 2.26. The second-order valence-corrected chi connectivity index (χ2v) is 10.7. The number of aromatic nitrogens is 2. The molecule has 0 spiro atoms. The van der Waals surface area contributed by atoms with Crippen molar-refractivity contribution in [3.63, 3.8) is 0 Å². The zero-order valence-electron chi connectivity index (χ0n) is 19.1. The molecule has 1 fully saturated rings. The van der Waals surface area contributed by atoms with Gasteiger partial charge in [0.1, 0.15) is 21.3 Å². The first-order valence-electron chi connectivity index (χ1n) is 10.7. The summed E-state index contributed by atoms with van der Waals surface area (Å²) in [6, 6.07) is 7.70. The van der Waals surface area contributed by atoms with Gasteiger partial charge in [0, 0.05) is 26.2 Å². The molecule has 10 heteroatoms. The summed E-state index contributed by atoms with van der Waals surface area (Å²) in [5.74, 6) is 0.278. The lowest BCUT2D eigenvalue weighted by Crippen LogP contribution is -2.50. The summed E-state index contributed by atoms with van der Waals surface area (Å²) >= 11 is 2.99. The molecule has 1 aliphatic heterocycles. The highest BCUT2D eigenvalue weighted by atomic mass is 32.1. The Kier molecular flexibility index (Phi) is 6.66. The van der Waals surface area contributed by atoms with E-state index in [-0.39, 0.29) is 12.0 Å². The maximum absolute atomic E-state index is 12.8. The third-order valence-corrected chi connectivity index (χ3v) is 7.22. The number of nitrogens with one attached hydrogen (secondary N) is 1. The van der Waals surface area contributed by atoms with E-state index in [1.54, 1.807) is 28.5 Å². The summed E-state index contributed by atoms with van der Waals surface area (Å²) in [6.07, 6.45) is 1.47. The molecule has 0 saturated carbocycles. The number of piperazine rings is 1. The summed E-state index contributed by atoms with van der Waals surface area (Å²) in [5.41, 5.74) is 1.16. The van der Waals surface area contributed by atoms with E-state index in [1.807, 2.05) is 51.3 Å². The van der Waals surface area contributed by atoms with Crippen molar-refractivity contribution in [2.24, 2.45) is 0 Å². The smallest absolute Gasteiger partial charge is 0.410 e. The van der Waals surface area contributed by atoms with Gasteiger partial charge in [-0.25, -0.2) is 14.8 Å². The molecule has 33 heavy (non-hydrogen) atoms. The second-order valence-electron chi connectivity index (χ2n) is 8.72. The molecule has 0 unspecified atom stereocenters. The van der Waals surface area contributed by atoms with Crippen LogP contribution in [0.15, 0.2) is 35.8 Å². The van der Waals surface area contributed by atoms with E-state index in [2.05, 4.69) is 20.2 Å². The molecule has 0 aromatic carbocycles. The van der Waals surface area contributed by atoms with Gasteiger partial charge >= 0.3 is 6.09 Å². The number of rotatable bonds is 4. The number of thiazole rings is 1. The molecule has 4 rings (SSSR count). The van der Waals surface area contributed by atoms with Crippen LogP contribution in [0.3, 0.4) is 0 Å². The number of hydrogen-bond donors (Lipinski definition) is 1. The third kappa shape index (κ3) is 5.69. The number of carbonyl (C=O) groups is 2. The number of aryl methyl sites for hydroxylation is 1. The normalized spacial score (nSPS) is 14.3. The van der Waals surface area contributed by atoms with Crippen LogP contribution in [0.2, 0.25) is 0 Å². The van der Waals surface area contributed by atoms with E-state index in [0.29, 0.717) is 42.6 Å². The molecule has 1 N–H and O–H groups in total. The summed E-state index contributed by atoms with van der Waals surface area (Å²) in [6.45, 7) is 10.0. The lowest BCUT2D eigenvalue weighted by Gasteiger charge is -2.36. The van der Waals surface area contributed by atoms with Gasteiger partial charge in [-0.05, 0) is 51.3 Å². The number of thiophene rings is 1. The first-order chi connectivity index (χ1) is 15.7. The minimum Gasteiger partial charge on any atom is -0.444 e. The van der Waals surface area contributed by atoms with E-state index in [9.17, 15) is 9.59 Å². The van der Waals surface area contributed by atoms with Gasteiger partial charge in [0.15, 0.2) is 0 Å². The maximum atomic E-state index is 12.8. The van der Waals surface area contributed by atoms with Gasteiger partial charge in [0.25, 0.3) is 5.91 Å². The van der Waals surface area contributed by atoms with Crippen LogP contribution in [0, 0.1) is 6.92 Å². The Bertz CT molecular complexity index is 1110. The Morgan fingerprint density at radius 1 is 1.12 bits per heavy atom. The number of nitrogens with zero attached hydrogens (tertiary/aromatic N) is 4. The van der Waals surface area contributed by atoms with Crippen LogP contribution in [-0.4, -0.2) is 58.6 Å². The largest absolute Gasteiger partial charge is 0.444 e. The van der Waals surface area contributed by atoms with E-state index >= 15 is 0 Å². The Labute approximate surface area is 201 Å². The highest BCUT2D eigenvalue weighted by Crippen LogP contribution is 2.31. The minimum absolute atomic E-state index is 0.209. The SMILES string of the molecule is Cc1nc(-c2cccs2)sc1C(=O)Nc1ccc(N2CCN(C(=O)OC(C)(C)C)CC2)cn1. The molecule has 174 valence electrons. The molecule has 0 atom stereocenters. The third-order valence-electron chi connectivity index (χ3n) is 5.02. The molecule has 8 nitrogen and oxygen atoms in total. The Morgan fingerprint density at radius 2 is 1.88 bits per heavy atom. The molecule has 1 saturated heterocycles. The summed E-state index contributed by atoms with van der Waals surface area (Å²) in [5, 5.41) is 5.71. The number of anilines is 2. The highest BCUT2D eigenvalue weighted by molar-refractivity contribution is 7.22. The number of carbonyl (C=O) groups excluding carboxylic acids is 2. The van der Waals surface area contributed by atoms with E-state index in [0.717, 1.165) is 15.6 Å². The molecule has 3 aromatic rings. The van der Waals surface area contributed by atoms with E-state index < -0.39 is 5.60 Å². The quantitative estimate of drug-likeness (QED) is 0.566. The Morgan fingerprint density at radius 3 is 2.48 bits per heavy atom. The first kappa shape index (κ1) is 23.2. The molecule has 4 heterocycles. The monoisotopic (exact) mass is 485 g/mol. The number of ether oxygens (including phenoxy) is 1. The molecule has 1 aliphatic rings. The fourth-order valence-electron chi connectivity index (χ4n) is 3.41. The summed E-state index contributed by atoms with van der Waals surface area (Å²) in [7, 11) is 0. The fourth-order valence-corrected chi connectivity index (χ4v) is 5.16. The van der Waals surface area contributed by atoms with Gasteiger partial charge in [-0.3, -0.25) is 4.79 Å². The average Bonchev–Trinajstić information content (AvgIpc) is 3.43.